The van der Waals surface area contributed by atoms with Crippen LogP contribution in [0.4, 0.5) is 0 Å². The van der Waals surface area contributed by atoms with E-state index in [1.165, 1.54) is 5.94 Å². The van der Waals surface area contributed by atoms with Gasteiger partial charge in [0.25, 0.3) is 0 Å². The summed E-state index contributed by atoms with van der Waals surface area (Å²) in [6.45, 7) is 4.52. The van der Waals surface area contributed by atoms with Gasteiger partial charge in [-0.1, -0.05) is 6.92 Å². The van der Waals surface area contributed by atoms with E-state index in [9.17, 15) is 4.79 Å². The first-order valence-electron chi connectivity index (χ1n) is 2.55. The van der Waals surface area contributed by atoms with Gasteiger partial charge in [-0.2, -0.15) is 0 Å². The lowest BCUT2D eigenvalue weighted by Crippen LogP contribution is -1.90. The van der Waals surface area contributed by atoms with Crippen LogP contribution in [0.5, 0.6) is 0 Å². The molecule has 3 nitrogen and oxygen atoms in total. The number of hydrogen-bond acceptors (Lipinski definition) is 2. The van der Waals surface area contributed by atoms with Gasteiger partial charge in [0.1, 0.15) is 5.94 Å². The van der Waals surface area contributed by atoms with Crippen molar-refractivity contribution in [1.82, 2.24) is 0 Å². The third kappa shape index (κ3) is 45.4. The molecule has 0 aromatic heterocycles. The number of rotatable bonds is 2. The molecule has 3 heteroatoms. The molecule has 1 N–H and O–H groups in total. The summed E-state index contributed by atoms with van der Waals surface area (Å²) in [6, 6.07) is 0. The van der Waals surface area contributed by atoms with Crippen molar-refractivity contribution < 1.29 is 14.7 Å². The summed E-state index contributed by atoms with van der Waals surface area (Å²) in [5, 5.41) is 7.91. The van der Waals surface area contributed by atoms with Crippen LogP contribution in [0.2, 0.25) is 0 Å². The predicted molar refractivity (Wildman–Crippen MR) is 33.9 cm³/mol. The van der Waals surface area contributed by atoms with E-state index in [1.807, 2.05) is 6.92 Å². The Hall–Kier alpha value is -1.08. The Balaban J connectivity index is 0. The van der Waals surface area contributed by atoms with E-state index in [2.05, 4.69) is 6.58 Å². The van der Waals surface area contributed by atoms with Crippen LogP contribution in [0.3, 0.4) is 0 Å². The van der Waals surface area contributed by atoms with E-state index in [4.69, 9.17) is 9.90 Å². The Morgan fingerprint density at radius 2 is 2.11 bits per heavy atom. The number of aliphatic carboxylic acids is 1. The highest BCUT2D eigenvalue weighted by Crippen LogP contribution is 1.82. The zero-order chi connectivity index (χ0) is 7.70. The lowest BCUT2D eigenvalue weighted by molar-refractivity contribution is -0.137. The first kappa shape index (κ1) is 10.8. The van der Waals surface area contributed by atoms with Crippen LogP contribution < -0.4 is 0 Å². The molecule has 0 fully saturated rings. The van der Waals surface area contributed by atoms with Gasteiger partial charge in [-0.25, -0.2) is 4.79 Å². The zero-order valence-corrected chi connectivity index (χ0v) is 5.39. The summed E-state index contributed by atoms with van der Waals surface area (Å²) < 4.78 is 0. The van der Waals surface area contributed by atoms with Crippen molar-refractivity contribution in [3.05, 3.63) is 6.58 Å². The van der Waals surface area contributed by atoms with Gasteiger partial charge in [0.05, 0.1) is 0 Å². The molecule has 0 aliphatic heterocycles. The number of hydrogen-bond donors (Lipinski definition) is 1. The number of carbonyl (C=O) groups excluding carboxylic acids is 1. The highest BCUT2D eigenvalue weighted by atomic mass is 16.4. The van der Waals surface area contributed by atoms with Crippen LogP contribution in [0.1, 0.15) is 19.8 Å². The maximum Gasteiger partial charge on any atom is 0.303 e. The quantitative estimate of drug-likeness (QED) is 0.564. The molecule has 0 saturated heterocycles. The minimum absolute atomic E-state index is 0.292. The Morgan fingerprint density at radius 3 is 2.11 bits per heavy atom. The second kappa shape index (κ2) is 10.0. The van der Waals surface area contributed by atoms with Gasteiger partial charge in [0, 0.05) is 6.42 Å². The average Bonchev–Trinajstić information content (AvgIpc) is 1.67. The van der Waals surface area contributed by atoms with Crippen LogP contribution in [0.15, 0.2) is 6.58 Å². The summed E-state index contributed by atoms with van der Waals surface area (Å²) in [6.07, 6.45) is 1.02. The van der Waals surface area contributed by atoms with Crippen molar-refractivity contribution in [3.8, 4) is 0 Å². The van der Waals surface area contributed by atoms with E-state index in [0.717, 1.165) is 6.42 Å². The van der Waals surface area contributed by atoms with Gasteiger partial charge in [-0.15, -0.1) is 0 Å². The second-order valence-electron chi connectivity index (χ2n) is 1.29. The van der Waals surface area contributed by atoms with Gasteiger partial charge in [0.15, 0.2) is 0 Å². The van der Waals surface area contributed by atoms with E-state index in [1.54, 1.807) is 0 Å². The predicted octanol–water partition coefficient (Wildman–Crippen LogP) is 0.875. The summed E-state index contributed by atoms with van der Waals surface area (Å²) in [7, 11) is 0. The molecule has 0 heterocycles. The molecule has 0 amide bonds. The van der Waals surface area contributed by atoms with Crippen LogP contribution >= 0.6 is 0 Å². The topological polar surface area (TPSA) is 54.4 Å². The van der Waals surface area contributed by atoms with Gasteiger partial charge in [0.2, 0.25) is 0 Å². The minimum Gasteiger partial charge on any atom is -0.481 e. The third-order valence-corrected chi connectivity index (χ3v) is 0.464. The average molecular weight is 130 g/mol. The van der Waals surface area contributed by atoms with Gasteiger partial charge >= 0.3 is 5.97 Å². The molecule has 52 valence electrons. The molecule has 0 bridgehead atoms. The SMILES string of the molecule is C=C=O.CCCC(=O)O. The molecule has 0 saturated carbocycles. The van der Waals surface area contributed by atoms with Gasteiger partial charge in [-0.3, -0.25) is 4.79 Å². The molecular weight excluding hydrogens is 120 g/mol. The van der Waals surface area contributed by atoms with E-state index in [-0.39, 0.29) is 0 Å². The molecule has 0 unspecified atom stereocenters. The van der Waals surface area contributed by atoms with Crippen molar-refractivity contribution >= 4 is 11.9 Å². The lowest BCUT2D eigenvalue weighted by Gasteiger charge is -1.79. The smallest absolute Gasteiger partial charge is 0.303 e. The largest absolute Gasteiger partial charge is 0.481 e. The number of carboxylic acid groups (broad SMARTS) is 1. The summed E-state index contributed by atoms with van der Waals surface area (Å²) in [4.78, 5) is 18.2. The van der Waals surface area contributed by atoms with Crippen LogP contribution in [0.25, 0.3) is 0 Å². The highest BCUT2D eigenvalue weighted by molar-refractivity contribution is 5.66. The fourth-order valence-electron chi connectivity index (χ4n) is 0.214. The Kier molecular flexibility index (Phi) is 12.0. The molecule has 0 spiro atoms. The molecule has 0 atom stereocenters. The Labute approximate surface area is 54.0 Å². The molecule has 0 aromatic rings. The molecule has 0 radical (unpaired) electrons. The second-order valence-corrected chi connectivity index (χ2v) is 1.29. The van der Waals surface area contributed by atoms with E-state index < -0.39 is 5.97 Å². The third-order valence-electron chi connectivity index (χ3n) is 0.464. The van der Waals surface area contributed by atoms with E-state index in [0.29, 0.717) is 6.42 Å². The van der Waals surface area contributed by atoms with Crippen molar-refractivity contribution in [3.63, 3.8) is 0 Å². The first-order valence-corrected chi connectivity index (χ1v) is 2.55. The van der Waals surface area contributed by atoms with Crippen LogP contribution in [0, 0.1) is 0 Å². The molecule has 0 aliphatic carbocycles. The van der Waals surface area contributed by atoms with Crippen LogP contribution in [-0.2, 0) is 9.59 Å². The summed E-state index contributed by atoms with van der Waals surface area (Å²) in [5.41, 5.74) is 0. The van der Waals surface area contributed by atoms with Crippen molar-refractivity contribution in [2.24, 2.45) is 0 Å². The van der Waals surface area contributed by atoms with Crippen molar-refractivity contribution in [1.29, 1.82) is 0 Å². The Bertz CT molecular complexity index is 101. The lowest BCUT2D eigenvalue weighted by atomic mass is 10.4. The maximum absolute atomic E-state index is 9.60. The molecule has 0 rings (SSSR count). The fourth-order valence-corrected chi connectivity index (χ4v) is 0.214. The van der Waals surface area contributed by atoms with Gasteiger partial charge < -0.3 is 5.11 Å². The monoisotopic (exact) mass is 130 g/mol. The van der Waals surface area contributed by atoms with Gasteiger partial charge in [-0.05, 0) is 13.0 Å². The Morgan fingerprint density at radius 1 is 1.78 bits per heavy atom. The van der Waals surface area contributed by atoms with Crippen molar-refractivity contribution in [2.75, 3.05) is 0 Å². The zero-order valence-electron chi connectivity index (χ0n) is 5.39. The van der Waals surface area contributed by atoms with Crippen LogP contribution in [-0.4, -0.2) is 17.0 Å². The normalized spacial score (nSPS) is 6.33. The highest BCUT2D eigenvalue weighted by Gasteiger charge is 1.87. The molecular formula is C6H10O3. The summed E-state index contributed by atoms with van der Waals surface area (Å²) in [5.74, 6) is 0.539. The maximum atomic E-state index is 9.60. The fraction of sp³-hybridized carbons (Fsp3) is 0.500. The minimum atomic E-state index is -0.711. The molecule has 0 aliphatic rings. The first-order chi connectivity index (χ1) is 4.18. The summed E-state index contributed by atoms with van der Waals surface area (Å²) >= 11 is 0. The number of carboxylic acids is 1. The standard InChI is InChI=1S/C4H8O2.C2H2O/c1-2-3-4(5)6;1-2-3/h2-3H2,1H3,(H,5,6);1H2. The molecule has 0 aromatic carbocycles. The van der Waals surface area contributed by atoms with E-state index >= 15 is 0 Å². The van der Waals surface area contributed by atoms with Crippen molar-refractivity contribution in [2.45, 2.75) is 19.8 Å². The molecule has 9 heavy (non-hydrogen) atoms. The number of carbonyl (C=O) groups is 1.